The summed E-state index contributed by atoms with van der Waals surface area (Å²) >= 11 is 1.20. The average Bonchev–Trinajstić information content (AvgIpc) is 2.78. The second-order valence-corrected chi connectivity index (χ2v) is 6.17. The number of nitrogens with zero attached hydrogens (tertiary/aromatic N) is 5. The lowest BCUT2D eigenvalue weighted by Crippen LogP contribution is -2.46. The molecule has 1 fully saturated rings. The molecule has 2 heterocycles. The van der Waals surface area contributed by atoms with Crippen LogP contribution >= 0.6 is 11.8 Å². The summed E-state index contributed by atoms with van der Waals surface area (Å²) in [5.74, 6) is -0.0126. The molecule has 1 aliphatic rings. The van der Waals surface area contributed by atoms with Gasteiger partial charge in [-0.2, -0.15) is 0 Å². The molecular formula is C12H21N5O2S. The Labute approximate surface area is 123 Å². The zero-order valence-electron chi connectivity index (χ0n) is 12.1. The monoisotopic (exact) mass is 299 g/mol. The molecule has 112 valence electrons. The fourth-order valence-electron chi connectivity index (χ4n) is 2.39. The van der Waals surface area contributed by atoms with Crippen LogP contribution in [-0.2, 0) is 11.8 Å². The quantitative estimate of drug-likeness (QED) is 0.795. The van der Waals surface area contributed by atoms with Crippen molar-refractivity contribution in [1.82, 2.24) is 19.7 Å². The van der Waals surface area contributed by atoms with Crippen LogP contribution in [-0.4, -0.2) is 69.7 Å². The number of rotatable bonds is 5. The number of carboxylic acids is 1. The zero-order chi connectivity index (χ0) is 14.7. The Balaban J connectivity index is 2.07. The maximum absolute atomic E-state index is 10.6. The van der Waals surface area contributed by atoms with E-state index >= 15 is 0 Å². The van der Waals surface area contributed by atoms with Gasteiger partial charge in [0.05, 0.1) is 5.75 Å². The predicted octanol–water partition coefficient (Wildman–Crippen LogP) is 0.522. The third kappa shape index (κ3) is 3.43. The molecule has 0 aliphatic carbocycles. The van der Waals surface area contributed by atoms with E-state index in [2.05, 4.69) is 34.1 Å². The molecule has 0 spiro atoms. The molecule has 1 atom stereocenters. The minimum Gasteiger partial charge on any atom is -0.481 e. The van der Waals surface area contributed by atoms with E-state index in [0.29, 0.717) is 11.2 Å². The van der Waals surface area contributed by atoms with Gasteiger partial charge in [-0.1, -0.05) is 11.8 Å². The van der Waals surface area contributed by atoms with Gasteiger partial charge in [-0.25, -0.2) is 0 Å². The average molecular weight is 299 g/mol. The van der Waals surface area contributed by atoms with Crippen LogP contribution in [0.2, 0.25) is 0 Å². The molecule has 7 nitrogen and oxygen atoms in total. The van der Waals surface area contributed by atoms with Crippen molar-refractivity contribution in [2.24, 2.45) is 7.05 Å². The molecule has 1 saturated heterocycles. The molecule has 1 aromatic heterocycles. The van der Waals surface area contributed by atoms with Crippen LogP contribution in [0.25, 0.3) is 0 Å². The third-order valence-electron chi connectivity index (χ3n) is 3.55. The summed E-state index contributed by atoms with van der Waals surface area (Å²) in [6, 6.07) is 0.524. The largest absolute Gasteiger partial charge is 0.481 e. The highest BCUT2D eigenvalue weighted by molar-refractivity contribution is 7.99. The van der Waals surface area contributed by atoms with Crippen molar-refractivity contribution < 1.29 is 9.90 Å². The van der Waals surface area contributed by atoms with Crippen molar-refractivity contribution >= 4 is 23.7 Å². The standard InChI is InChI=1S/C12H21N5O2S/c1-15(2)9-5-4-6-17(7-9)11-13-14-12(16(11)3)20-8-10(18)19/h9H,4-8H2,1-3H3,(H,18,19). The van der Waals surface area contributed by atoms with Crippen molar-refractivity contribution in [3.05, 3.63) is 0 Å². The minimum absolute atomic E-state index is 0.00625. The highest BCUT2D eigenvalue weighted by Crippen LogP contribution is 2.23. The molecule has 0 radical (unpaired) electrons. The molecule has 1 aromatic rings. The molecule has 20 heavy (non-hydrogen) atoms. The number of hydrogen-bond donors (Lipinski definition) is 1. The molecule has 2 rings (SSSR count). The Bertz CT molecular complexity index is 476. The fraction of sp³-hybridized carbons (Fsp3) is 0.750. The first kappa shape index (κ1) is 15.1. The van der Waals surface area contributed by atoms with E-state index in [4.69, 9.17) is 5.11 Å². The number of carboxylic acid groups (broad SMARTS) is 1. The van der Waals surface area contributed by atoms with Crippen LogP contribution in [0, 0.1) is 0 Å². The van der Waals surface area contributed by atoms with Gasteiger partial charge in [0.15, 0.2) is 5.16 Å². The van der Waals surface area contributed by atoms with Crippen LogP contribution < -0.4 is 4.90 Å². The summed E-state index contributed by atoms with van der Waals surface area (Å²) in [6.07, 6.45) is 2.33. The van der Waals surface area contributed by atoms with E-state index in [1.165, 1.54) is 18.2 Å². The smallest absolute Gasteiger partial charge is 0.313 e. The Morgan fingerprint density at radius 1 is 1.50 bits per heavy atom. The molecule has 1 unspecified atom stereocenters. The minimum atomic E-state index is -0.842. The van der Waals surface area contributed by atoms with Gasteiger partial charge in [-0.05, 0) is 26.9 Å². The van der Waals surface area contributed by atoms with Crippen LogP contribution in [0.3, 0.4) is 0 Å². The van der Waals surface area contributed by atoms with Gasteiger partial charge in [-0.15, -0.1) is 10.2 Å². The van der Waals surface area contributed by atoms with E-state index in [9.17, 15) is 4.79 Å². The van der Waals surface area contributed by atoms with Gasteiger partial charge in [0, 0.05) is 26.2 Å². The summed E-state index contributed by atoms with van der Waals surface area (Å²) in [5, 5.41) is 17.7. The predicted molar refractivity (Wildman–Crippen MR) is 78.3 cm³/mol. The number of aliphatic carboxylic acids is 1. The number of aromatic nitrogens is 3. The van der Waals surface area contributed by atoms with E-state index in [1.807, 2.05) is 11.6 Å². The normalized spacial score (nSPS) is 19.6. The van der Waals surface area contributed by atoms with E-state index in [-0.39, 0.29) is 5.75 Å². The van der Waals surface area contributed by atoms with E-state index in [0.717, 1.165) is 25.5 Å². The Kier molecular flexibility index (Phi) is 4.87. The first-order valence-corrected chi connectivity index (χ1v) is 7.63. The summed E-state index contributed by atoms with van der Waals surface area (Å²) in [7, 11) is 6.08. The maximum Gasteiger partial charge on any atom is 0.313 e. The lowest BCUT2D eigenvalue weighted by molar-refractivity contribution is -0.133. The van der Waals surface area contributed by atoms with Gasteiger partial charge >= 0.3 is 5.97 Å². The van der Waals surface area contributed by atoms with Gasteiger partial charge in [0.25, 0.3) is 0 Å². The molecule has 0 saturated carbocycles. The van der Waals surface area contributed by atoms with Gasteiger partial charge < -0.3 is 14.9 Å². The van der Waals surface area contributed by atoms with Crippen LogP contribution in [0.1, 0.15) is 12.8 Å². The lowest BCUT2D eigenvalue weighted by Gasteiger charge is -2.36. The topological polar surface area (TPSA) is 74.5 Å². The van der Waals surface area contributed by atoms with E-state index < -0.39 is 5.97 Å². The number of hydrogen-bond acceptors (Lipinski definition) is 6. The Morgan fingerprint density at radius 2 is 2.25 bits per heavy atom. The Hall–Kier alpha value is -1.28. The first-order chi connectivity index (χ1) is 9.49. The second-order valence-electron chi connectivity index (χ2n) is 5.23. The number of likely N-dealkylation sites (N-methyl/N-ethyl adjacent to an activating group) is 1. The number of thioether (sulfide) groups is 1. The van der Waals surface area contributed by atoms with E-state index in [1.54, 1.807) is 0 Å². The van der Waals surface area contributed by atoms with Gasteiger partial charge in [0.1, 0.15) is 0 Å². The van der Waals surface area contributed by atoms with Crippen molar-refractivity contribution in [3.8, 4) is 0 Å². The summed E-state index contributed by atoms with van der Waals surface area (Å²) in [4.78, 5) is 15.1. The zero-order valence-corrected chi connectivity index (χ0v) is 12.9. The van der Waals surface area contributed by atoms with Crippen LogP contribution in [0.15, 0.2) is 5.16 Å². The van der Waals surface area contributed by atoms with Crippen LogP contribution in [0.5, 0.6) is 0 Å². The molecule has 1 N–H and O–H groups in total. The molecule has 0 bridgehead atoms. The van der Waals surface area contributed by atoms with Gasteiger partial charge in [-0.3, -0.25) is 9.36 Å². The molecule has 0 aromatic carbocycles. The fourth-order valence-corrected chi connectivity index (χ4v) is 3.02. The van der Waals surface area contributed by atoms with Gasteiger partial charge in [0.2, 0.25) is 5.95 Å². The number of carbonyl (C=O) groups is 1. The number of anilines is 1. The third-order valence-corrected chi connectivity index (χ3v) is 4.55. The first-order valence-electron chi connectivity index (χ1n) is 6.64. The highest BCUT2D eigenvalue weighted by Gasteiger charge is 2.25. The Morgan fingerprint density at radius 3 is 2.90 bits per heavy atom. The van der Waals surface area contributed by atoms with Crippen molar-refractivity contribution in [3.63, 3.8) is 0 Å². The van der Waals surface area contributed by atoms with Crippen LogP contribution in [0.4, 0.5) is 5.95 Å². The summed E-state index contributed by atoms with van der Waals surface area (Å²) in [6.45, 7) is 1.91. The second kappa shape index (κ2) is 6.45. The maximum atomic E-state index is 10.6. The van der Waals surface area contributed by atoms with Crippen molar-refractivity contribution in [2.75, 3.05) is 37.8 Å². The summed E-state index contributed by atoms with van der Waals surface area (Å²) in [5.41, 5.74) is 0. The number of piperidine rings is 1. The molecule has 8 heteroatoms. The summed E-state index contributed by atoms with van der Waals surface area (Å²) < 4.78 is 1.88. The SMILES string of the molecule is CN(C)C1CCCN(c2nnc(SCC(=O)O)n2C)C1. The van der Waals surface area contributed by atoms with Crippen molar-refractivity contribution in [1.29, 1.82) is 0 Å². The molecular weight excluding hydrogens is 278 g/mol. The lowest BCUT2D eigenvalue weighted by atomic mass is 10.1. The molecule has 0 amide bonds. The van der Waals surface area contributed by atoms with Crippen molar-refractivity contribution in [2.45, 2.75) is 24.0 Å². The molecule has 1 aliphatic heterocycles. The highest BCUT2D eigenvalue weighted by atomic mass is 32.2.